The Morgan fingerprint density at radius 3 is 1.70 bits per heavy atom. The molecule has 3 heterocycles. The molecule has 1 aliphatic rings. The molecule has 10 aromatic carbocycles. The fourth-order valence-corrected chi connectivity index (χ4v) is 10.8. The zero-order valence-corrected chi connectivity index (χ0v) is 36.0. The van der Waals surface area contributed by atoms with Crippen LogP contribution in [0, 0.1) is 0 Å². The topological polar surface area (TPSA) is 65.0 Å². The molecule has 5 heteroatoms. The zero-order chi connectivity index (χ0) is 44.1. The lowest BCUT2D eigenvalue weighted by molar-refractivity contribution is 0.668. The first-order valence-electron chi connectivity index (χ1n) is 22.7. The van der Waals surface area contributed by atoms with E-state index in [0.717, 1.165) is 82.6 Å². The summed E-state index contributed by atoms with van der Waals surface area (Å²) in [4.78, 5) is 15.9. The molecule has 312 valence electrons. The molecule has 5 nitrogen and oxygen atoms in total. The van der Waals surface area contributed by atoms with Crippen molar-refractivity contribution < 1.29 is 8.83 Å². The van der Waals surface area contributed by atoms with Gasteiger partial charge in [0.25, 0.3) is 0 Å². The first kappa shape index (κ1) is 37.4. The average Bonchev–Trinajstić information content (AvgIpc) is 4.06. The summed E-state index contributed by atoms with van der Waals surface area (Å²) in [6, 6.07) is 79.2. The average molecular weight is 856 g/mol. The van der Waals surface area contributed by atoms with E-state index in [9.17, 15) is 0 Å². The van der Waals surface area contributed by atoms with Crippen molar-refractivity contribution in [1.29, 1.82) is 0 Å². The summed E-state index contributed by atoms with van der Waals surface area (Å²) in [7, 11) is 0. The summed E-state index contributed by atoms with van der Waals surface area (Å²) in [5.74, 6) is 1.74. The largest absolute Gasteiger partial charge is 0.456 e. The first-order valence-corrected chi connectivity index (χ1v) is 22.7. The Hall–Kier alpha value is -8.93. The molecule has 0 unspecified atom stereocenters. The second-order valence-corrected chi connectivity index (χ2v) is 17.4. The van der Waals surface area contributed by atoms with Gasteiger partial charge in [-0.1, -0.05) is 188 Å². The standard InChI is InChI=1S/C62H37N3O2/c1-3-16-38(17-4-1)59-63-60(42-20-13-23-44(34-42)62(43-21-5-2-6-22-43)52-29-11-9-24-46(52)47-25-10-12-30-53(47)62)65-61(64-59)49-28-15-31-55-57(49)51-36-41(32-33-54(51)66-55)45-26-14-27-48-50-35-39-18-7-8-19-40(39)37-56(50)67-58(45)48/h1-37H. The maximum absolute atomic E-state index is 6.69. The van der Waals surface area contributed by atoms with Gasteiger partial charge in [0.05, 0.1) is 5.41 Å². The van der Waals surface area contributed by atoms with Gasteiger partial charge in [-0.15, -0.1) is 0 Å². The number of nitrogens with zero attached hydrogens (tertiary/aromatic N) is 3. The van der Waals surface area contributed by atoms with E-state index in [0.29, 0.717) is 17.5 Å². The number of fused-ring (bicyclic) bond motifs is 10. The highest BCUT2D eigenvalue weighted by Gasteiger charge is 2.46. The van der Waals surface area contributed by atoms with E-state index >= 15 is 0 Å². The van der Waals surface area contributed by atoms with E-state index < -0.39 is 5.41 Å². The highest BCUT2D eigenvalue weighted by molar-refractivity contribution is 6.16. The molecule has 0 radical (unpaired) electrons. The molecule has 0 aliphatic heterocycles. The molecule has 67 heavy (non-hydrogen) atoms. The van der Waals surface area contributed by atoms with E-state index in [2.05, 4.69) is 194 Å². The molecular formula is C62H37N3O2. The fourth-order valence-electron chi connectivity index (χ4n) is 10.8. The Kier molecular flexibility index (Phi) is 8.13. The summed E-state index contributed by atoms with van der Waals surface area (Å²) >= 11 is 0. The van der Waals surface area contributed by atoms with Gasteiger partial charge in [-0.25, -0.2) is 15.0 Å². The number of hydrogen-bond donors (Lipinski definition) is 0. The van der Waals surface area contributed by atoms with Crippen molar-refractivity contribution in [2.75, 3.05) is 0 Å². The van der Waals surface area contributed by atoms with Crippen LogP contribution in [0.15, 0.2) is 233 Å². The van der Waals surface area contributed by atoms with Crippen LogP contribution in [0.5, 0.6) is 0 Å². The van der Waals surface area contributed by atoms with Crippen LogP contribution in [0.1, 0.15) is 22.3 Å². The molecule has 0 spiro atoms. The van der Waals surface area contributed by atoms with Crippen LogP contribution in [0.4, 0.5) is 0 Å². The van der Waals surface area contributed by atoms with Crippen molar-refractivity contribution in [3.05, 3.63) is 247 Å². The quantitative estimate of drug-likeness (QED) is 0.167. The van der Waals surface area contributed by atoms with E-state index in [1.54, 1.807) is 0 Å². The van der Waals surface area contributed by atoms with Gasteiger partial charge in [-0.05, 0) is 86.1 Å². The maximum Gasteiger partial charge on any atom is 0.164 e. The predicted molar refractivity (Wildman–Crippen MR) is 271 cm³/mol. The van der Waals surface area contributed by atoms with Crippen molar-refractivity contribution in [3.8, 4) is 56.4 Å². The van der Waals surface area contributed by atoms with Crippen LogP contribution < -0.4 is 0 Å². The minimum absolute atomic E-state index is 0.564. The Morgan fingerprint density at radius 1 is 0.313 bits per heavy atom. The molecule has 0 N–H and O–H groups in total. The third-order valence-electron chi connectivity index (χ3n) is 13.8. The molecular weight excluding hydrogens is 819 g/mol. The first-order chi connectivity index (χ1) is 33.2. The predicted octanol–water partition coefficient (Wildman–Crippen LogP) is 15.9. The molecule has 13 aromatic rings. The van der Waals surface area contributed by atoms with E-state index in [1.165, 1.54) is 33.2 Å². The summed E-state index contributed by atoms with van der Waals surface area (Å²) in [5.41, 5.74) is 14.7. The summed E-state index contributed by atoms with van der Waals surface area (Å²) in [5, 5.41) is 6.44. The lowest BCUT2D eigenvalue weighted by atomic mass is 9.67. The Labute approximate surface area is 385 Å². The molecule has 14 rings (SSSR count). The highest BCUT2D eigenvalue weighted by atomic mass is 16.3. The minimum atomic E-state index is -0.567. The van der Waals surface area contributed by atoms with E-state index in [1.807, 2.05) is 30.3 Å². The fraction of sp³-hybridized carbons (Fsp3) is 0.0161. The van der Waals surface area contributed by atoms with Crippen LogP contribution in [0.2, 0.25) is 0 Å². The number of para-hydroxylation sites is 1. The van der Waals surface area contributed by atoms with Gasteiger partial charge in [0, 0.05) is 43.8 Å². The summed E-state index contributed by atoms with van der Waals surface area (Å²) in [6.07, 6.45) is 0. The Balaban J connectivity index is 0.961. The third kappa shape index (κ3) is 5.65. The molecule has 1 aliphatic carbocycles. The lowest BCUT2D eigenvalue weighted by Crippen LogP contribution is -2.28. The monoisotopic (exact) mass is 855 g/mol. The number of benzene rings is 10. The van der Waals surface area contributed by atoms with Gasteiger partial charge in [-0.2, -0.15) is 0 Å². The smallest absolute Gasteiger partial charge is 0.164 e. The second-order valence-electron chi connectivity index (χ2n) is 17.4. The van der Waals surface area contributed by atoms with Crippen LogP contribution in [-0.4, -0.2) is 15.0 Å². The third-order valence-corrected chi connectivity index (χ3v) is 13.8. The highest BCUT2D eigenvalue weighted by Crippen LogP contribution is 2.56. The SMILES string of the molecule is c1ccc(-c2nc(-c3cccc(C4(c5ccccc5)c5ccccc5-c5ccccc54)c3)nc(-c3cccc4oc5ccc(-c6cccc7c6oc6cc8ccccc8cc67)cc5c34)n2)cc1. The van der Waals surface area contributed by atoms with Gasteiger partial charge >= 0.3 is 0 Å². The van der Waals surface area contributed by atoms with Crippen molar-refractivity contribution in [3.63, 3.8) is 0 Å². The molecule has 0 bridgehead atoms. The van der Waals surface area contributed by atoms with Crippen LogP contribution in [-0.2, 0) is 5.41 Å². The Morgan fingerprint density at radius 2 is 0.910 bits per heavy atom. The molecule has 3 aromatic heterocycles. The minimum Gasteiger partial charge on any atom is -0.456 e. The number of rotatable bonds is 6. The molecule has 0 fully saturated rings. The maximum atomic E-state index is 6.69. The van der Waals surface area contributed by atoms with Gasteiger partial charge in [0.2, 0.25) is 0 Å². The van der Waals surface area contributed by atoms with Gasteiger partial charge < -0.3 is 8.83 Å². The molecule has 0 amide bonds. The van der Waals surface area contributed by atoms with Crippen LogP contribution in [0.3, 0.4) is 0 Å². The van der Waals surface area contributed by atoms with Crippen LogP contribution in [0.25, 0.3) is 111 Å². The van der Waals surface area contributed by atoms with Crippen molar-refractivity contribution >= 4 is 54.6 Å². The molecule has 0 saturated heterocycles. The van der Waals surface area contributed by atoms with Gasteiger partial charge in [0.15, 0.2) is 17.5 Å². The van der Waals surface area contributed by atoms with Crippen molar-refractivity contribution in [2.24, 2.45) is 0 Å². The number of furan rings is 2. The number of aromatic nitrogens is 3. The van der Waals surface area contributed by atoms with Gasteiger partial charge in [-0.3, -0.25) is 0 Å². The second kappa shape index (κ2) is 14.5. The van der Waals surface area contributed by atoms with Crippen LogP contribution >= 0.6 is 0 Å². The van der Waals surface area contributed by atoms with Gasteiger partial charge in [0.1, 0.15) is 22.3 Å². The zero-order valence-electron chi connectivity index (χ0n) is 36.0. The molecule has 0 saturated carbocycles. The van der Waals surface area contributed by atoms with Crippen molar-refractivity contribution in [1.82, 2.24) is 15.0 Å². The Bertz CT molecular complexity index is 4070. The van der Waals surface area contributed by atoms with E-state index in [-0.39, 0.29) is 0 Å². The number of hydrogen-bond acceptors (Lipinski definition) is 5. The lowest BCUT2D eigenvalue weighted by Gasteiger charge is -2.34. The summed E-state index contributed by atoms with van der Waals surface area (Å²) < 4.78 is 13.3. The van der Waals surface area contributed by atoms with E-state index in [4.69, 9.17) is 23.8 Å². The van der Waals surface area contributed by atoms with Crippen molar-refractivity contribution in [2.45, 2.75) is 5.41 Å². The normalized spacial score (nSPS) is 12.9. The summed E-state index contributed by atoms with van der Waals surface area (Å²) in [6.45, 7) is 0. The molecule has 0 atom stereocenters.